The summed E-state index contributed by atoms with van der Waals surface area (Å²) in [5, 5.41) is 0. The number of hydrogen-bond donors (Lipinski definition) is 1. The highest BCUT2D eigenvalue weighted by molar-refractivity contribution is 5.81. The molecule has 2 heterocycles. The average molecular weight is 236 g/mol. The Kier molecular flexibility index (Phi) is 2.58. The van der Waals surface area contributed by atoms with Crippen LogP contribution in [0.4, 0.5) is 0 Å². The standard InChI is InChI=1S/C13H24N4/c1-10(2)16-7-5-13(6-8-16)9-15-12(14)17(13)11-3-4-11/h10-11H,3-9H2,1-2H3,(H2,14,15). The normalized spacial score (nSPS) is 29.1. The average Bonchev–Trinajstić information content (AvgIpc) is 3.08. The van der Waals surface area contributed by atoms with Crippen LogP contribution < -0.4 is 5.73 Å². The van der Waals surface area contributed by atoms with Crippen LogP contribution in [0.1, 0.15) is 39.5 Å². The van der Waals surface area contributed by atoms with Gasteiger partial charge in [0.05, 0.1) is 12.1 Å². The summed E-state index contributed by atoms with van der Waals surface area (Å²) >= 11 is 0. The van der Waals surface area contributed by atoms with Gasteiger partial charge in [-0.05, 0) is 39.5 Å². The molecule has 0 atom stereocenters. The summed E-state index contributed by atoms with van der Waals surface area (Å²) in [6.07, 6.45) is 5.08. The van der Waals surface area contributed by atoms with Crippen molar-refractivity contribution in [2.75, 3.05) is 19.6 Å². The number of rotatable bonds is 2. The molecule has 1 spiro atoms. The zero-order valence-electron chi connectivity index (χ0n) is 11.0. The number of nitrogens with two attached hydrogens (primary N) is 1. The zero-order chi connectivity index (χ0) is 12.0. The van der Waals surface area contributed by atoms with Gasteiger partial charge in [-0.3, -0.25) is 4.99 Å². The van der Waals surface area contributed by atoms with E-state index in [0.29, 0.717) is 12.1 Å². The van der Waals surface area contributed by atoms with Gasteiger partial charge in [-0.15, -0.1) is 0 Å². The third kappa shape index (κ3) is 1.82. The molecule has 1 saturated heterocycles. The van der Waals surface area contributed by atoms with E-state index in [0.717, 1.165) is 12.5 Å². The van der Waals surface area contributed by atoms with Crippen molar-refractivity contribution in [3.63, 3.8) is 0 Å². The van der Waals surface area contributed by atoms with Crippen LogP contribution >= 0.6 is 0 Å². The highest BCUT2D eigenvalue weighted by Gasteiger charge is 2.49. The summed E-state index contributed by atoms with van der Waals surface area (Å²) in [4.78, 5) is 9.56. The molecule has 3 aliphatic rings. The minimum absolute atomic E-state index is 0.274. The van der Waals surface area contributed by atoms with Crippen molar-refractivity contribution >= 4 is 5.96 Å². The van der Waals surface area contributed by atoms with Crippen LogP contribution in [0.15, 0.2) is 4.99 Å². The maximum Gasteiger partial charge on any atom is 0.192 e. The van der Waals surface area contributed by atoms with Crippen LogP contribution in [0.25, 0.3) is 0 Å². The Morgan fingerprint density at radius 1 is 1.29 bits per heavy atom. The number of guanidine groups is 1. The first-order valence-electron chi connectivity index (χ1n) is 6.96. The molecule has 17 heavy (non-hydrogen) atoms. The van der Waals surface area contributed by atoms with Gasteiger partial charge in [0.15, 0.2) is 5.96 Å². The molecule has 0 radical (unpaired) electrons. The van der Waals surface area contributed by atoms with Gasteiger partial charge in [0.2, 0.25) is 0 Å². The van der Waals surface area contributed by atoms with Gasteiger partial charge in [0.1, 0.15) is 0 Å². The van der Waals surface area contributed by atoms with Crippen molar-refractivity contribution in [2.24, 2.45) is 10.7 Å². The predicted octanol–water partition coefficient (Wildman–Crippen LogP) is 1.02. The quantitative estimate of drug-likeness (QED) is 0.778. The lowest BCUT2D eigenvalue weighted by molar-refractivity contribution is 0.0663. The van der Waals surface area contributed by atoms with E-state index in [-0.39, 0.29) is 5.54 Å². The molecule has 0 aromatic heterocycles. The van der Waals surface area contributed by atoms with E-state index in [1.54, 1.807) is 0 Å². The first-order chi connectivity index (χ1) is 8.12. The van der Waals surface area contributed by atoms with Gasteiger partial charge in [-0.25, -0.2) is 0 Å². The summed E-state index contributed by atoms with van der Waals surface area (Å²) in [5.41, 5.74) is 6.36. The SMILES string of the molecule is CC(C)N1CCC2(CC1)CN=C(N)N2C1CC1. The van der Waals surface area contributed by atoms with Crippen molar-refractivity contribution in [2.45, 2.75) is 57.2 Å². The Hall–Kier alpha value is -0.770. The molecule has 0 bridgehead atoms. The second kappa shape index (κ2) is 3.87. The Morgan fingerprint density at radius 3 is 2.47 bits per heavy atom. The smallest absolute Gasteiger partial charge is 0.192 e. The fourth-order valence-electron chi connectivity index (χ4n) is 3.39. The van der Waals surface area contributed by atoms with Crippen LogP contribution in [-0.4, -0.2) is 53.0 Å². The lowest BCUT2D eigenvalue weighted by Gasteiger charge is -2.46. The van der Waals surface area contributed by atoms with Gasteiger partial charge in [0, 0.05) is 25.2 Å². The van der Waals surface area contributed by atoms with E-state index in [2.05, 4.69) is 28.6 Å². The summed E-state index contributed by atoms with van der Waals surface area (Å²) in [6.45, 7) is 7.90. The molecule has 2 N–H and O–H groups in total. The topological polar surface area (TPSA) is 44.9 Å². The summed E-state index contributed by atoms with van der Waals surface area (Å²) < 4.78 is 0. The molecule has 0 amide bonds. The fraction of sp³-hybridized carbons (Fsp3) is 0.923. The van der Waals surface area contributed by atoms with E-state index in [4.69, 9.17) is 5.73 Å². The van der Waals surface area contributed by atoms with E-state index in [1.165, 1.54) is 38.8 Å². The Morgan fingerprint density at radius 2 is 1.94 bits per heavy atom. The monoisotopic (exact) mass is 236 g/mol. The molecular weight excluding hydrogens is 212 g/mol. The van der Waals surface area contributed by atoms with Crippen molar-refractivity contribution in [3.05, 3.63) is 0 Å². The molecule has 0 aromatic rings. The third-order valence-corrected chi connectivity index (χ3v) is 4.66. The van der Waals surface area contributed by atoms with Gasteiger partial charge in [-0.1, -0.05) is 0 Å². The lowest BCUT2D eigenvalue weighted by atomic mass is 9.86. The van der Waals surface area contributed by atoms with Gasteiger partial charge < -0.3 is 15.5 Å². The molecule has 2 fully saturated rings. The predicted molar refractivity (Wildman–Crippen MR) is 70.0 cm³/mol. The van der Waals surface area contributed by atoms with Crippen molar-refractivity contribution in [1.29, 1.82) is 0 Å². The lowest BCUT2D eigenvalue weighted by Crippen LogP contribution is -2.58. The minimum Gasteiger partial charge on any atom is -0.370 e. The van der Waals surface area contributed by atoms with Crippen molar-refractivity contribution in [3.8, 4) is 0 Å². The number of piperidine rings is 1. The number of likely N-dealkylation sites (tertiary alicyclic amines) is 1. The van der Waals surface area contributed by atoms with Gasteiger partial charge in [0.25, 0.3) is 0 Å². The zero-order valence-corrected chi connectivity index (χ0v) is 11.0. The third-order valence-electron chi connectivity index (χ3n) is 4.66. The molecule has 3 rings (SSSR count). The highest BCUT2D eigenvalue weighted by Crippen LogP contribution is 2.41. The first-order valence-corrected chi connectivity index (χ1v) is 6.96. The van der Waals surface area contributed by atoms with Crippen molar-refractivity contribution < 1.29 is 0 Å². The summed E-state index contributed by atoms with van der Waals surface area (Å²) in [7, 11) is 0. The molecule has 1 aliphatic carbocycles. The Labute approximate surface area is 104 Å². The Bertz CT molecular complexity index is 324. The number of hydrogen-bond acceptors (Lipinski definition) is 4. The van der Waals surface area contributed by atoms with Crippen molar-refractivity contribution in [1.82, 2.24) is 9.80 Å². The summed E-state index contributed by atoms with van der Waals surface area (Å²) in [6, 6.07) is 1.37. The van der Waals surface area contributed by atoms with E-state index in [9.17, 15) is 0 Å². The maximum absolute atomic E-state index is 6.08. The van der Waals surface area contributed by atoms with Crippen LogP contribution in [0, 0.1) is 0 Å². The minimum atomic E-state index is 0.274. The van der Waals surface area contributed by atoms with E-state index >= 15 is 0 Å². The van der Waals surface area contributed by atoms with Gasteiger partial charge in [-0.2, -0.15) is 0 Å². The molecule has 96 valence electrons. The van der Waals surface area contributed by atoms with Crippen LogP contribution in [0.5, 0.6) is 0 Å². The molecule has 0 unspecified atom stereocenters. The first kappa shape index (κ1) is 11.3. The molecular formula is C13H24N4. The molecule has 1 saturated carbocycles. The van der Waals surface area contributed by atoms with Crippen LogP contribution in [-0.2, 0) is 0 Å². The van der Waals surface area contributed by atoms with Crippen LogP contribution in [0.3, 0.4) is 0 Å². The van der Waals surface area contributed by atoms with Crippen LogP contribution in [0.2, 0.25) is 0 Å². The number of aliphatic imine (C=N–C) groups is 1. The second-order valence-corrected chi connectivity index (χ2v) is 6.13. The second-order valence-electron chi connectivity index (χ2n) is 6.13. The molecule has 0 aromatic carbocycles. The molecule has 4 nitrogen and oxygen atoms in total. The maximum atomic E-state index is 6.08. The molecule has 2 aliphatic heterocycles. The summed E-state index contributed by atoms with van der Waals surface area (Å²) in [5.74, 6) is 0.811. The van der Waals surface area contributed by atoms with Gasteiger partial charge >= 0.3 is 0 Å². The van der Waals surface area contributed by atoms with E-state index in [1.807, 2.05) is 0 Å². The molecule has 4 heteroatoms. The number of nitrogens with zero attached hydrogens (tertiary/aromatic N) is 3. The Balaban J connectivity index is 1.71. The largest absolute Gasteiger partial charge is 0.370 e. The van der Waals surface area contributed by atoms with E-state index < -0.39 is 0 Å². The fourth-order valence-corrected chi connectivity index (χ4v) is 3.39. The highest BCUT2D eigenvalue weighted by atomic mass is 15.4.